The van der Waals surface area contributed by atoms with Gasteiger partial charge in [0.05, 0.1) is 0 Å². The van der Waals surface area contributed by atoms with Gasteiger partial charge in [-0.1, -0.05) is 19.1 Å². The van der Waals surface area contributed by atoms with E-state index in [0.29, 0.717) is 0 Å². The Kier molecular flexibility index (Phi) is 3.69. The number of aromatic hydroxyl groups is 1. The summed E-state index contributed by atoms with van der Waals surface area (Å²) in [4.78, 5) is 11.2. The van der Waals surface area contributed by atoms with E-state index in [1.807, 2.05) is 19.1 Å². The predicted octanol–water partition coefficient (Wildman–Crippen LogP) is 2.55. The van der Waals surface area contributed by atoms with Gasteiger partial charge in [0.25, 0.3) is 0 Å². The van der Waals surface area contributed by atoms with E-state index in [-0.39, 0.29) is 17.5 Å². The number of phenolic OH excluding ortho intramolecular Hbond substituents is 1. The fourth-order valence-corrected chi connectivity index (χ4v) is 1.49. The van der Waals surface area contributed by atoms with Gasteiger partial charge in [-0.3, -0.25) is 4.79 Å². The molecule has 0 amide bonds. The van der Waals surface area contributed by atoms with Crippen molar-refractivity contribution in [1.29, 1.82) is 0 Å². The highest BCUT2D eigenvalue weighted by atomic mass is 16.3. The predicted molar refractivity (Wildman–Crippen MR) is 56.3 cm³/mol. The maximum absolute atomic E-state index is 11.2. The van der Waals surface area contributed by atoms with Crippen molar-refractivity contribution in [2.45, 2.75) is 26.7 Å². The molecule has 0 aromatic heterocycles. The topological polar surface area (TPSA) is 37.3 Å². The molecule has 0 radical (unpaired) electrons. The van der Waals surface area contributed by atoms with E-state index in [0.717, 1.165) is 18.4 Å². The maximum Gasteiger partial charge on any atom is 0.133 e. The minimum absolute atomic E-state index is 0.111. The molecular weight excluding hydrogens is 176 g/mol. The largest absolute Gasteiger partial charge is 0.508 e. The lowest BCUT2D eigenvalue weighted by molar-refractivity contribution is -0.120. The molecule has 0 aliphatic carbocycles. The Labute approximate surface area is 84.6 Å². The Hall–Kier alpha value is -1.31. The first kappa shape index (κ1) is 10.8. The third-order valence-electron chi connectivity index (χ3n) is 2.49. The molecule has 76 valence electrons. The minimum atomic E-state index is 0.111. The highest BCUT2D eigenvalue weighted by Gasteiger charge is 2.11. The van der Waals surface area contributed by atoms with Crippen LogP contribution in [0.15, 0.2) is 24.3 Å². The monoisotopic (exact) mass is 192 g/mol. The second-order valence-electron chi connectivity index (χ2n) is 3.59. The average Bonchev–Trinajstić information content (AvgIpc) is 2.16. The van der Waals surface area contributed by atoms with Gasteiger partial charge in [-0.15, -0.1) is 0 Å². The Bertz CT molecular complexity index is 301. The van der Waals surface area contributed by atoms with Gasteiger partial charge < -0.3 is 5.11 Å². The summed E-state index contributed by atoms with van der Waals surface area (Å²) in [6, 6.07) is 7.03. The van der Waals surface area contributed by atoms with Gasteiger partial charge in [-0.2, -0.15) is 0 Å². The fourth-order valence-electron chi connectivity index (χ4n) is 1.49. The number of hydrogen-bond donors (Lipinski definition) is 1. The van der Waals surface area contributed by atoms with Crippen LogP contribution < -0.4 is 0 Å². The SMILES string of the molecule is CC[C@@H](Cc1ccc(O)cc1)C(C)=O. The molecule has 0 fully saturated rings. The lowest BCUT2D eigenvalue weighted by atomic mass is 9.94. The molecular formula is C12H16O2. The van der Waals surface area contributed by atoms with Crippen molar-refractivity contribution in [1.82, 2.24) is 0 Å². The molecule has 1 aromatic rings. The Morgan fingerprint density at radius 1 is 1.36 bits per heavy atom. The molecule has 14 heavy (non-hydrogen) atoms. The number of hydrogen-bond acceptors (Lipinski definition) is 2. The van der Waals surface area contributed by atoms with E-state index in [1.165, 1.54) is 0 Å². The number of phenols is 1. The maximum atomic E-state index is 11.2. The van der Waals surface area contributed by atoms with Crippen molar-refractivity contribution < 1.29 is 9.90 Å². The van der Waals surface area contributed by atoms with Crippen molar-refractivity contribution in [2.75, 3.05) is 0 Å². The Morgan fingerprint density at radius 3 is 2.36 bits per heavy atom. The molecule has 0 spiro atoms. The molecule has 0 aliphatic rings. The van der Waals surface area contributed by atoms with E-state index in [9.17, 15) is 4.79 Å². The van der Waals surface area contributed by atoms with Gasteiger partial charge in [0.15, 0.2) is 0 Å². The van der Waals surface area contributed by atoms with Crippen LogP contribution in [0.2, 0.25) is 0 Å². The normalized spacial score (nSPS) is 12.4. The van der Waals surface area contributed by atoms with E-state index in [4.69, 9.17) is 5.11 Å². The summed E-state index contributed by atoms with van der Waals surface area (Å²) in [6.07, 6.45) is 1.64. The van der Waals surface area contributed by atoms with Crippen LogP contribution in [0.25, 0.3) is 0 Å². The first-order valence-electron chi connectivity index (χ1n) is 4.91. The van der Waals surface area contributed by atoms with Crippen LogP contribution >= 0.6 is 0 Å². The quantitative estimate of drug-likeness (QED) is 0.796. The summed E-state index contributed by atoms with van der Waals surface area (Å²) in [5, 5.41) is 9.09. The van der Waals surface area contributed by atoms with Crippen molar-refractivity contribution in [3.8, 4) is 5.75 Å². The summed E-state index contributed by atoms with van der Waals surface area (Å²) in [7, 11) is 0. The van der Waals surface area contributed by atoms with Crippen LogP contribution in [-0.2, 0) is 11.2 Å². The van der Waals surface area contributed by atoms with Crippen molar-refractivity contribution in [3.05, 3.63) is 29.8 Å². The van der Waals surface area contributed by atoms with Crippen LogP contribution in [0.5, 0.6) is 5.75 Å². The number of carbonyl (C=O) groups is 1. The Morgan fingerprint density at radius 2 is 1.93 bits per heavy atom. The van der Waals surface area contributed by atoms with E-state index in [2.05, 4.69) is 0 Å². The van der Waals surface area contributed by atoms with E-state index in [1.54, 1.807) is 19.1 Å². The second kappa shape index (κ2) is 4.80. The summed E-state index contributed by atoms with van der Waals surface area (Å²) in [6.45, 7) is 3.65. The van der Waals surface area contributed by atoms with Gasteiger partial charge >= 0.3 is 0 Å². The lowest BCUT2D eigenvalue weighted by Gasteiger charge is -2.10. The molecule has 2 nitrogen and oxygen atoms in total. The van der Waals surface area contributed by atoms with Crippen LogP contribution in [0.4, 0.5) is 0 Å². The van der Waals surface area contributed by atoms with Gasteiger partial charge in [-0.05, 0) is 37.5 Å². The standard InChI is InChI=1S/C12H16O2/c1-3-11(9(2)13)8-10-4-6-12(14)7-5-10/h4-7,11,14H,3,8H2,1-2H3/t11-/m0/s1. The number of Topliss-reactive ketones (excluding diaryl/α,β-unsaturated/α-hetero) is 1. The molecule has 0 saturated heterocycles. The average molecular weight is 192 g/mol. The zero-order valence-electron chi connectivity index (χ0n) is 8.66. The molecule has 1 atom stereocenters. The zero-order valence-corrected chi connectivity index (χ0v) is 8.66. The van der Waals surface area contributed by atoms with E-state index < -0.39 is 0 Å². The molecule has 0 bridgehead atoms. The third-order valence-corrected chi connectivity index (χ3v) is 2.49. The molecule has 2 heteroatoms. The molecule has 0 aliphatic heterocycles. The minimum Gasteiger partial charge on any atom is -0.508 e. The lowest BCUT2D eigenvalue weighted by Crippen LogP contribution is -2.12. The van der Waals surface area contributed by atoms with Gasteiger partial charge in [-0.25, -0.2) is 0 Å². The smallest absolute Gasteiger partial charge is 0.133 e. The number of ketones is 1. The molecule has 0 saturated carbocycles. The first-order valence-corrected chi connectivity index (χ1v) is 4.91. The molecule has 1 rings (SSSR count). The summed E-state index contributed by atoms with van der Waals surface area (Å²) in [5.74, 6) is 0.616. The van der Waals surface area contributed by atoms with Crippen molar-refractivity contribution in [2.24, 2.45) is 5.92 Å². The highest BCUT2D eigenvalue weighted by Crippen LogP contribution is 2.16. The van der Waals surface area contributed by atoms with Gasteiger partial charge in [0.2, 0.25) is 0 Å². The summed E-state index contributed by atoms with van der Waals surface area (Å²) < 4.78 is 0. The first-order chi connectivity index (χ1) is 6.63. The number of rotatable bonds is 4. The van der Waals surface area contributed by atoms with Crippen molar-refractivity contribution in [3.63, 3.8) is 0 Å². The van der Waals surface area contributed by atoms with Crippen LogP contribution in [-0.4, -0.2) is 10.9 Å². The fraction of sp³-hybridized carbons (Fsp3) is 0.417. The zero-order chi connectivity index (χ0) is 10.6. The molecule has 1 N–H and O–H groups in total. The number of benzene rings is 1. The molecule has 1 aromatic carbocycles. The molecule has 0 heterocycles. The van der Waals surface area contributed by atoms with Crippen LogP contribution in [0, 0.1) is 5.92 Å². The van der Waals surface area contributed by atoms with Gasteiger partial charge in [0, 0.05) is 5.92 Å². The highest BCUT2D eigenvalue weighted by molar-refractivity contribution is 5.78. The van der Waals surface area contributed by atoms with Gasteiger partial charge in [0.1, 0.15) is 11.5 Å². The molecule has 0 unspecified atom stereocenters. The Balaban J connectivity index is 2.67. The third kappa shape index (κ3) is 2.87. The van der Waals surface area contributed by atoms with E-state index >= 15 is 0 Å². The van der Waals surface area contributed by atoms with Crippen LogP contribution in [0.3, 0.4) is 0 Å². The number of carbonyl (C=O) groups excluding carboxylic acids is 1. The second-order valence-corrected chi connectivity index (χ2v) is 3.59. The van der Waals surface area contributed by atoms with Crippen molar-refractivity contribution >= 4 is 5.78 Å². The summed E-state index contributed by atoms with van der Waals surface area (Å²) >= 11 is 0. The van der Waals surface area contributed by atoms with Crippen LogP contribution in [0.1, 0.15) is 25.8 Å². The summed E-state index contributed by atoms with van der Waals surface area (Å²) in [5.41, 5.74) is 1.10.